The average Bonchev–Trinajstić information content (AvgIpc) is 2.88. The van der Waals surface area contributed by atoms with E-state index >= 15 is 0 Å². The van der Waals surface area contributed by atoms with Gasteiger partial charge in [-0.25, -0.2) is 0 Å². The van der Waals surface area contributed by atoms with Crippen molar-refractivity contribution < 1.29 is 4.74 Å². The number of hydrogen-bond acceptors (Lipinski definition) is 2. The Bertz CT molecular complexity index is 283. The summed E-state index contributed by atoms with van der Waals surface area (Å²) in [5.41, 5.74) is 1.91. The van der Waals surface area contributed by atoms with E-state index in [9.17, 15) is 0 Å². The first-order valence-corrected chi connectivity index (χ1v) is 8.01. The summed E-state index contributed by atoms with van der Waals surface area (Å²) in [4.78, 5) is 0. The minimum Gasteiger partial charge on any atom is -0.501 e. The zero-order chi connectivity index (χ0) is 12.3. The van der Waals surface area contributed by atoms with Gasteiger partial charge in [-0.05, 0) is 63.4 Å². The van der Waals surface area contributed by atoms with Crippen LogP contribution in [0.5, 0.6) is 0 Å². The SMILES string of the molecule is CCC1(CCCOC=C(C)C)CC2CCC1S2. The third kappa shape index (κ3) is 3.01. The molecule has 1 nitrogen and oxygen atoms in total. The van der Waals surface area contributed by atoms with E-state index in [-0.39, 0.29) is 0 Å². The highest BCUT2D eigenvalue weighted by Crippen LogP contribution is 2.59. The van der Waals surface area contributed by atoms with Crippen molar-refractivity contribution in [2.24, 2.45) is 5.41 Å². The normalized spacial score (nSPS) is 35.0. The molecule has 2 aliphatic heterocycles. The first-order chi connectivity index (χ1) is 8.16. The van der Waals surface area contributed by atoms with Crippen LogP contribution >= 0.6 is 11.8 Å². The molecular weight excluding hydrogens is 228 g/mol. The second-order valence-corrected chi connectivity index (χ2v) is 7.42. The molecule has 0 aromatic rings. The number of hydrogen-bond donors (Lipinski definition) is 0. The fraction of sp³-hybridized carbons (Fsp3) is 0.867. The molecule has 2 aliphatic rings. The van der Waals surface area contributed by atoms with Crippen LogP contribution in [0.2, 0.25) is 0 Å². The molecule has 0 N–H and O–H groups in total. The van der Waals surface area contributed by atoms with E-state index in [1.807, 2.05) is 6.26 Å². The maximum absolute atomic E-state index is 5.56. The Morgan fingerprint density at radius 3 is 2.76 bits per heavy atom. The first-order valence-electron chi connectivity index (χ1n) is 7.07. The molecule has 0 saturated carbocycles. The number of rotatable bonds is 6. The van der Waals surface area contributed by atoms with Gasteiger partial charge in [0.05, 0.1) is 12.9 Å². The summed E-state index contributed by atoms with van der Waals surface area (Å²) in [6, 6.07) is 0. The quantitative estimate of drug-likeness (QED) is 0.499. The molecule has 3 unspecified atom stereocenters. The van der Waals surface area contributed by atoms with E-state index in [4.69, 9.17) is 4.74 Å². The summed E-state index contributed by atoms with van der Waals surface area (Å²) in [6.45, 7) is 7.45. The van der Waals surface area contributed by atoms with Crippen molar-refractivity contribution in [3.63, 3.8) is 0 Å². The highest BCUT2D eigenvalue weighted by molar-refractivity contribution is 8.01. The van der Waals surface area contributed by atoms with Crippen molar-refractivity contribution in [1.82, 2.24) is 0 Å². The Hall–Kier alpha value is -0.110. The fourth-order valence-corrected chi connectivity index (χ4v) is 5.54. The molecule has 98 valence electrons. The maximum Gasteiger partial charge on any atom is 0.0873 e. The van der Waals surface area contributed by atoms with E-state index < -0.39 is 0 Å². The summed E-state index contributed by atoms with van der Waals surface area (Å²) < 4.78 is 5.56. The Balaban J connectivity index is 1.75. The highest BCUT2D eigenvalue weighted by atomic mass is 32.2. The highest BCUT2D eigenvalue weighted by Gasteiger charge is 2.49. The summed E-state index contributed by atoms with van der Waals surface area (Å²) in [5.74, 6) is 0. The van der Waals surface area contributed by atoms with Crippen molar-refractivity contribution in [2.45, 2.75) is 69.8 Å². The molecule has 0 aromatic heterocycles. The van der Waals surface area contributed by atoms with Crippen LogP contribution in [0.3, 0.4) is 0 Å². The predicted molar refractivity (Wildman–Crippen MR) is 76.4 cm³/mol. The van der Waals surface area contributed by atoms with Gasteiger partial charge in [0.15, 0.2) is 0 Å². The van der Waals surface area contributed by atoms with Gasteiger partial charge in [-0.1, -0.05) is 6.92 Å². The topological polar surface area (TPSA) is 9.23 Å². The Labute approximate surface area is 110 Å². The van der Waals surface area contributed by atoms with Crippen LogP contribution in [0.4, 0.5) is 0 Å². The molecule has 2 saturated heterocycles. The fourth-order valence-electron chi connectivity index (χ4n) is 3.44. The van der Waals surface area contributed by atoms with Crippen molar-refractivity contribution in [3.8, 4) is 0 Å². The first kappa shape index (κ1) is 13.3. The smallest absolute Gasteiger partial charge is 0.0873 e. The zero-order valence-electron chi connectivity index (χ0n) is 11.5. The molecule has 2 bridgehead atoms. The van der Waals surface area contributed by atoms with Crippen LogP contribution in [0, 0.1) is 5.41 Å². The van der Waals surface area contributed by atoms with E-state index in [0.717, 1.165) is 17.1 Å². The molecule has 0 aliphatic carbocycles. The molecule has 2 fully saturated rings. The van der Waals surface area contributed by atoms with Crippen molar-refractivity contribution in [3.05, 3.63) is 11.8 Å². The molecule has 2 rings (SSSR count). The lowest BCUT2D eigenvalue weighted by atomic mass is 9.69. The van der Waals surface area contributed by atoms with Gasteiger partial charge >= 0.3 is 0 Å². The molecule has 3 atom stereocenters. The van der Waals surface area contributed by atoms with Gasteiger partial charge in [-0.15, -0.1) is 0 Å². The lowest BCUT2D eigenvalue weighted by Crippen LogP contribution is -2.31. The van der Waals surface area contributed by atoms with Crippen LogP contribution in [-0.4, -0.2) is 17.1 Å². The van der Waals surface area contributed by atoms with Gasteiger partial charge in [0.2, 0.25) is 0 Å². The second-order valence-electron chi connectivity index (χ2n) is 5.91. The lowest BCUT2D eigenvalue weighted by molar-refractivity contribution is 0.164. The molecular formula is C15H26OS. The van der Waals surface area contributed by atoms with E-state index in [1.165, 1.54) is 44.1 Å². The zero-order valence-corrected chi connectivity index (χ0v) is 12.3. The van der Waals surface area contributed by atoms with E-state index in [0.29, 0.717) is 5.41 Å². The monoisotopic (exact) mass is 254 g/mol. The average molecular weight is 254 g/mol. The van der Waals surface area contributed by atoms with Crippen molar-refractivity contribution in [1.29, 1.82) is 0 Å². The van der Waals surface area contributed by atoms with Crippen LogP contribution in [0.1, 0.15) is 59.3 Å². The molecule has 0 amide bonds. The molecule has 0 spiro atoms. The van der Waals surface area contributed by atoms with Gasteiger partial charge in [0.25, 0.3) is 0 Å². The molecule has 17 heavy (non-hydrogen) atoms. The number of fused-ring (bicyclic) bond motifs is 2. The van der Waals surface area contributed by atoms with Gasteiger partial charge < -0.3 is 4.74 Å². The van der Waals surface area contributed by atoms with Crippen LogP contribution < -0.4 is 0 Å². The lowest BCUT2D eigenvalue weighted by Gasteiger charge is -2.36. The van der Waals surface area contributed by atoms with Gasteiger partial charge in [0.1, 0.15) is 0 Å². The van der Waals surface area contributed by atoms with Crippen LogP contribution in [0.25, 0.3) is 0 Å². The van der Waals surface area contributed by atoms with Gasteiger partial charge in [-0.3, -0.25) is 0 Å². The summed E-state index contributed by atoms with van der Waals surface area (Å²) in [6.07, 6.45) is 10.3. The Morgan fingerprint density at radius 2 is 2.24 bits per heavy atom. The van der Waals surface area contributed by atoms with Crippen LogP contribution in [0.15, 0.2) is 11.8 Å². The molecule has 2 heteroatoms. The second kappa shape index (κ2) is 5.69. The predicted octanol–water partition coefficient (Wildman–Crippen LogP) is 4.77. The minimum atomic E-state index is 0.655. The largest absolute Gasteiger partial charge is 0.501 e. The number of ether oxygens (including phenoxy) is 1. The van der Waals surface area contributed by atoms with E-state index in [2.05, 4.69) is 32.5 Å². The minimum absolute atomic E-state index is 0.655. The number of allylic oxidation sites excluding steroid dienone is 1. The Morgan fingerprint density at radius 1 is 1.41 bits per heavy atom. The van der Waals surface area contributed by atoms with E-state index in [1.54, 1.807) is 0 Å². The Kier molecular flexibility index (Phi) is 4.46. The standard InChI is InChI=1S/C15H26OS/c1-4-15(8-5-9-16-11-12(2)3)10-13-6-7-14(15)17-13/h11,13-14H,4-10H2,1-3H3. The third-order valence-electron chi connectivity index (χ3n) is 4.38. The van der Waals surface area contributed by atoms with Gasteiger partial charge in [0, 0.05) is 10.5 Å². The van der Waals surface area contributed by atoms with Crippen LogP contribution in [-0.2, 0) is 4.74 Å². The van der Waals surface area contributed by atoms with Crippen molar-refractivity contribution >= 4 is 11.8 Å². The third-order valence-corrected chi connectivity index (χ3v) is 6.24. The molecule has 2 heterocycles. The van der Waals surface area contributed by atoms with Crippen molar-refractivity contribution in [2.75, 3.05) is 6.61 Å². The number of thioether (sulfide) groups is 1. The molecule has 0 aromatic carbocycles. The molecule has 0 radical (unpaired) electrons. The summed E-state index contributed by atoms with van der Waals surface area (Å²) in [5, 5.41) is 1.94. The summed E-state index contributed by atoms with van der Waals surface area (Å²) >= 11 is 2.28. The van der Waals surface area contributed by atoms with Gasteiger partial charge in [-0.2, -0.15) is 11.8 Å². The summed E-state index contributed by atoms with van der Waals surface area (Å²) in [7, 11) is 0. The maximum atomic E-state index is 5.56.